The van der Waals surface area contributed by atoms with Gasteiger partial charge in [-0.1, -0.05) is 0 Å². The quantitative estimate of drug-likeness (QED) is 0.132. The zero-order valence-corrected chi connectivity index (χ0v) is 30.7. The summed E-state index contributed by atoms with van der Waals surface area (Å²) in [4.78, 5) is 0. The number of hydrogen-bond donors (Lipinski definition) is 0. The average molecular weight is 770 g/mol. The Hall–Kier alpha value is -3.08. The third-order valence-corrected chi connectivity index (χ3v) is 39.6. The SMILES string of the molecule is C[CH](CC[CH2][Sn]([c]1ccccc1)([c]1ccccc1)[c]1ccccc1)[Sn]([c]1ccccc1)([c]1ccccc1)[c]1ccccc1. The first kappa shape index (κ1) is 30.0. The molecule has 0 aliphatic heterocycles. The van der Waals surface area contributed by atoms with E-state index in [4.69, 9.17) is 0 Å². The Balaban J connectivity index is 1.44. The van der Waals surface area contributed by atoms with E-state index in [0.717, 1.165) is 0 Å². The van der Waals surface area contributed by atoms with Gasteiger partial charge in [-0.05, 0) is 0 Å². The van der Waals surface area contributed by atoms with Gasteiger partial charge in [-0.15, -0.1) is 0 Å². The van der Waals surface area contributed by atoms with Crippen LogP contribution in [0.1, 0.15) is 19.8 Å². The fraction of sp³-hybridized carbons (Fsp3) is 0.122. The van der Waals surface area contributed by atoms with E-state index in [1.54, 1.807) is 21.5 Å². The molecule has 6 rings (SSSR count). The van der Waals surface area contributed by atoms with Crippen molar-refractivity contribution in [2.45, 2.75) is 28.1 Å². The molecule has 0 amide bonds. The van der Waals surface area contributed by atoms with Crippen LogP contribution in [-0.4, -0.2) is 36.8 Å². The maximum atomic E-state index is 2.58. The number of hydrogen-bond acceptors (Lipinski definition) is 0. The van der Waals surface area contributed by atoms with E-state index in [9.17, 15) is 0 Å². The summed E-state index contributed by atoms with van der Waals surface area (Å²) < 4.78 is 11.3. The van der Waals surface area contributed by atoms with Gasteiger partial charge in [0.25, 0.3) is 0 Å². The third-order valence-electron chi connectivity index (χ3n) is 9.42. The zero-order chi connectivity index (χ0) is 29.4. The van der Waals surface area contributed by atoms with Crippen LogP contribution < -0.4 is 21.5 Å². The fourth-order valence-corrected chi connectivity index (χ4v) is 37.1. The van der Waals surface area contributed by atoms with Crippen LogP contribution in [0.2, 0.25) is 8.37 Å². The van der Waals surface area contributed by atoms with Crippen LogP contribution in [0, 0.1) is 0 Å². The molecule has 1 unspecified atom stereocenters. The molecule has 2 heteroatoms. The van der Waals surface area contributed by atoms with Crippen LogP contribution in [0.5, 0.6) is 0 Å². The molecule has 0 saturated carbocycles. The molecule has 212 valence electrons. The molecule has 0 aliphatic carbocycles. The van der Waals surface area contributed by atoms with Gasteiger partial charge in [0.15, 0.2) is 0 Å². The molecule has 6 aromatic rings. The topological polar surface area (TPSA) is 0 Å². The molecule has 0 saturated heterocycles. The van der Waals surface area contributed by atoms with Gasteiger partial charge in [-0.25, -0.2) is 0 Å². The monoisotopic (exact) mass is 772 g/mol. The second-order valence-corrected chi connectivity index (χ2v) is 35.6. The van der Waals surface area contributed by atoms with E-state index in [1.165, 1.54) is 17.3 Å². The van der Waals surface area contributed by atoms with Crippen LogP contribution in [0.3, 0.4) is 0 Å². The van der Waals surface area contributed by atoms with E-state index >= 15 is 0 Å². The first-order valence-electron chi connectivity index (χ1n) is 15.6. The second kappa shape index (κ2) is 14.1. The Bertz CT molecular complexity index is 1480. The van der Waals surface area contributed by atoms with Gasteiger partial charge in [0, 0.05) is 0 Å². The van der Waals surface area contributed by atoms with Crippen molar-refractivity contribution in [2.75, 3.05) is 0 Å². The molecular weight excluding hydrogens is 730 g/mol. The molecule has 6 aromatic carbocycles. The van der Waals surface area contributed by atoms with Crippen LogP contribution in [-0.2, 0) is 0 Å². The molecule has 43 heavy (non-hydrogen) atoms. The Labute approximate surface area is 266 Å². The third kappa shape index (κ3) is 6.01. The van der Waals surface area contributed by atoms with Crippen molar-refractivity contribution in [2.24, 2.45) is 0 Å². The van der Waals surface area contributed by atoms with Crippen molar-refractivity contribution in [3.8, 4) is 0 Å². The maximum absolute atomic E-state index is 3.41. The molecule has 1 atom stereocenters. The van der Waals surface area contributed by atoms with Crippen LogP contribution in [0.15, 0.2) is 182 Å². The molecule has 0 nitrogen and oxygen atoms in total. The zero-order valence-electron chi connectivity index (χ0n) is 25.0. The predicted molar refractivity (Wildman–Crippen MR) is 191 cm³/mol. The summed E-state index contributed by atoms with van der Waals surface area (Å²) in [6.45, 7) is 2.58. The Kier molecular flexibility index (Phi) is 9.85. The van der Waals surface area contributed by atoms with Gasteiger partial charge in [0.1, 0.15) is 0 Å². The molecule has 0 N–H and O–H groups in total. The summed E-state index contributed by atoms with van der Waals surface area (Å²) in [6.07, 6.45) is 2.45. The summed E-state index contributed by atoms with van der Waals surface area (Å²) in [5, 5.41) is 0. The van der Waals surface area contributed by atoms with Crippen molar-refractivity contribution < 1.29 is 0 Å². The fourth-order valence-electron chi connectivity index (χ4n) is 7.45. The van der Waals surface area contributed by atoms with Gasteiger partial charge in [-0.2, -0.15) is 0 Å². The van der Waals surface area contributed by atoms with Gasteiger partial charge >= 0.3 is 268 Å². The van der Waals surface area contributed by atoms with Crippen molar-refractivity contribution in [3.05, 3.63) is 182 Å². The summed E-state index contributed by atoms with van der Waals surface area (Å²) in [5.74, 6) is 0. The molecule has 0 spiro atoms. The first-order valence-corrected chi connectivity index (χ1v) is 27.8. The van der Waals surface area contributed by atoms with Crippen molar-refractivity contribution in [3.63, 3.8) is 0 Å². The van der Waals surface area contributed by atoms with Gasteiger partial charge < -0.3 is 0 Å². The van der Waals surface area contributed by atoms with E-state index in [0.29, 0.717) is 3.93 Å². The van der Waals surface area contributed by atoms with Crippen LogP contribution in [0.4, 0.5) is 0 Å². The molecule has 0 bridgehead atoms. The Morgan fingerprint density at radius 3 is 0.907 bits per heavy atom. The van der Waals surface area contributed by atoms with E-state index < -0.39 is 36.8 Å². The molecule has 0 aliphatic rings. The summed E-state index contributed by atoms with van der Waals surface area (Å²) >= 11 is -6.73. The number of rotatable bonds is 11. The van der Waals surface area contributed by atoms with E-state index in [2.05, 4.69) is 189 Å². The second-order valence-electron chi connectivity index (χ2n) is 11.7. The van der Waals surface area contributed by atoms with Crippen LogP contribution in [0.25, 0.3) is 0 Å². The molecule has 0 heterocycles. The van der Waals surface area contributed by atoms with Crippen molar-refractivity contribution in [1.29, 1.82) is 0 Å². The summed E-state index contributed by atoms with van der Waals surface area (Å²) in [7, 11) is 0. The van der Waals surface area contributed by atoms with E-state index in [1.807, 2.05) is 0 Å². The minimum absolute atomic E-state index is 0.591. The summed E-state index contributed by atoms with van der Waals surface area (Å²) in [5.41, 5.74) is 0. The van der Waals surface area contributed by atoms with Gasteiger partial charge in [0.05, 0.1) is 0 Å². The summed E-state index contributed by atoms with van der Waals surface area (Å²) in [6, 6.07) is 69.1. The standard InChI is InChI=1S/6C6H5.C5H10.2Sn/c6*1-2-4-6-5-3-1;1-3-5-4-2;;/h6*1-5H;4H,1,3,5H2,2H3;;. The molecule has 0 aromatic heterocycles. The Morgan fingerprint density at radius 1 is 0.372 bits per heavy atom. The Morgan fingerprint density at radius 2 is 0.628 bits per heavy atom. The molecular formula is C41H40Sn2. The molecule has 0 fully saturated rings. The number of benzene rings is 6. The molecule has 0 radical (unpaired) electrons. The minimum atomic E-state index is -3.41. The predicted octanol–water partition coefficient (Wildman–Crippen LogP) is 6.50. The van der Waals surface area contributed by atoms with Gasteiger partial charge in [0.2, 0.25) is 0 Å². The normalized spacial score (nSPS) is 12.5. The van der Waals surface area contributed by atoms with Crippen LogP contribution >= 0.6 is 0 Å². The van der Waals surface area contributed by atoms with Gasteiger partial charge in [-0.3, -0.25) is 0 Å². The van der Waals surface area contributed by atoms with Crippen molar-refractivity contribution in [1.82, 2.24) is 0 Å². The first-order chi connectivity index (χ1) is 21.3. The van der Waals surface area contributed by atoms with E-state index in [-0.39, 0.29) is 0 Å². The average Bonchev–Trinajstić information content (AvgIpc) is 3.10. The van der Waals surface area contributed by atoms with Crippen molar-refractivity contribution >= 4 is 58.2 Å².